The Kier molecular flexibility index (Phi) is 13.1. The number of aliphatic hydroxyl groups excluding tert-OH is 1. The number of carboxylic acids is 1. The first kappa shape index (κ1) is 30.2. The standard InChI is InChI=1S/C22H35N5O7S/c1-12(28)18(27-19(30)15(24)4-2-3-9-23)21(32)25-16(10-13-5-7-14(29)8-6-13)20(31)26-17(11-35)22(33)34/h5-8,12,15-18,28-29,35H,2-4,9-11,23-24H2,1H3,(H,25,32)(H,26,31)(H,27,30)(H,33,34). The minimum Gasteiger partial charge on any atom is -0.508 e. The van der Waals surface area contributed by atoms with Crippen molar-refractivity contribution < 1.29 is 34.5 Å². The van der Waals surface area contributed by atoms with Crippen molar-refractivity contribution in [1.82, 2.24) is 16.0 Å². The molecule has 0 spiro atoms. The van der Waals surface area contributed by atoms with Crippen molar-refractivity contribution in [2.24, 2.45) is 11.5 Å². The molecule has 0 heterocycles. The summed E-state index contributed by atoms with van der Waals surface area (Å²) in [7, 11) is 0. The number of nitrogens with two attached hydrogens (primary N) is 2. The number of carbonyl (C=O) groups is 4. The van der Waals surface area contributed by atoms with Crippen LogP contribution < -0.4 is 27.4 Å². The molecule has 1 rings (SSSR count). The Hall–Kier alpha value is -2.87. The van der Waals surface area contributed by atoms with Crippen LogP contribution in [-0.4, -0.2) is 81.6 Å². The van der Waals surface area contributed by atoms with E-state index in [1.54, 1.807) is 0 Å². The second-order valence-corrected chi connectivity index (χ2v) is 8.50. The number of rotatable bonds is 15. The van der Waals surface area contributed by atoms with Crippen LogP contribution in [0.3, 0.4) is 0 Å². The lowest BCUT2D eigenvalue weighted by atomic mass is 10.0. The van der Waals surface area contributed by atoms with Crippen molar-refractivity contribution in [1.29, 1.82) is 0 Å². The van der Waals surface area contributed by atoms with E-state index in [1.807, 2.05) is 0 Å². The van der Waals surface area contributed by atoms with E-state index in [-0.39, 0.29) is 17.9 Å². The summed E-state index contributed by atoms with van der Waals surface area (Å²) in [5.41, 5.74) is 11.8. The van der Waals surface area contributed by atoms with Crippen LogP contribution in [0.4, 0.5) is 0 Å². The Morgan fingerprint density at radius 1 is 0.971 bits per heavy atom. The third kappa shape index (κ3) is 10.5. The third-order valence-electron chi connectivity index (χ3n) is 5.17. The summed E-state index contributed by atoms with van der Waals surface area (Å²) >= 11 is 3.91. The van der Waals surface area contributed by atoms with Gasteiger partial charge < -0.3 is 42.7 Å². The third-order valence-corrected chi connectivity index (χ3v) is 5.54. The number of thiol groups is 1. The van der Waals surface area contributed by atoms with Crippen LogP contribution in [0.25, 0.3) is 0 Å². The van der Waals surface area contributed by atoms with E-state index >= 15 is 0 Å². The van der Waals surface area contributed by atoms with Crippen molar-refractivity contribution in [2.45, 2.75) is 62.9 Å². The second-order valence-electron chi connectivity index (χ2n) is 8.13. The Balaban J connectivity index is 3.02. The lowest BCUT2D eigenvalue weighted by Gasteiger charge is -2.26. The maximum absolute atomic E-state index is 13.0. The number of benzene rings is 1. The number of hydrogen-bond acceptors (Lipinski definition) is 9. The Labute approximate surface area is 209 Å². The van der Waals surface area contributed by atoms with E-state index in [2.05, 4.69) is 28.6 Å². The van der Waals surface area contributed by atoms with E-state index in [9.17, 15) is 34.5 Å². The van der Waals surface area contributed by atoms with E-state index in [1.165, 1.54) is 31.2 Å². The highest BCUT2D eigenvalue weighted by Crippen LogP contribution is 2.12. The predicted octanol–water partition coefficient (Wildman–Crippen LogP) is -1.76. The summed E-state index contributed by atoms with van der Waals surface area (Å²) in [6.07, 6.45) is 0.247. The van der Waals surface area contributed by atoms with E-state index < -0.39 is 54.0 Å². The van der Waals surface area contributed by atoms with E-state index in [0.29, 0.717) is 31.4 Å². The van der Waals surface area contributed by atoms with Gasteiger partial charge in [-0.3, -0.25) is 14.4 Å². The lowest BCUT2D eigenvalue weighted by Crippen LogP contribution is -2.60. The number of aliphatic carboxylic acids is 1. The molecule has 0 aliphatic carbocycles. The molecule has 5 unspecified atom stereocenters. The van der Waals surface area contributed by atoms with Crippen LogP contribution in [0.2, 0.25) is 0 Å². The zero-order valence-electron chi connectivity index (χ0n) is 19.5. The monoisotopic (exact) mass is 513 g/mol. The van der Waals surface area contributed by atoms with Crippen molar-refractivity contribution in [3.8, 4) is 5.75 Å². The highest BCUT2D eigenvalue weighted by atomic mass is 32.1. The van der Waals surface area contributed by atoms with Crippen molar-refractivity contribution in [3.63, 3.8) is 0 Å². The number of aliphatic hydroxyl groups is 1. The highest BCUT2D eigenvalue weighted by Gasteiger charge is 2.32. The predicted molar refractivity (Wildman–Crippen MR) is 132 cm³/mol. The zero-order valence-corrected chi connectivity index (χ0v) is 20.4. The normalized spacial score (nSPS) is 15.2. The molecule has 0 saturated heterocycles. The van der Waals surface area contributed by atoms with Gasteiger partial charge in [0, 0.05) is 12.2 Å². The van der Waals surface area contributed by atoms with Crippen LogP contribution in [0.5, 0.6) is 5.75 Å². The topological polar surface area (TPSA) is 217 Å². The van der Waals surface area contributed by atoms with E-state index in [4.69, 9.17) is 11.5 Å². The van der Waals surface area contributed by atoms with Gasteiger partial charge in [-0.05, 0) is 44.0 Å². The van der Waals surface area contributed by atoms with Gasteiger partial charge in [-0.2, -0.15) is 12.6 Å². The number of phenolic OH excluding ortho intramolecular Hbond substituents is 1. The molecule has 196 valence electrons. The number of unbranched alkanes of at least 4 members (excludes halogenated alkanes) is 1. The number of hydrogen-bond donors (Lipinski definition) is 9. The molecule has 12 nitrogen and oxygen atoms in total. The zero-order chi connectivity index (χ0) is 26.5. The Morgan fingerprint density at radius 2 is 1.57 bits per heavy atom. The molecule has 0 fully saturated rings. The summed E-state index contributed by atoms with van der Waals surface area (Å²) in [6.45, 7) is 1.74. The van der Waals surface area contributed by atoms with Crippen molar-refractivity contribution >= 4 is 36.3 Å². The Bertz CT molecular complexity index is 853. The van der Waals surface area contributed by atoms with Gasteiger partial charge >= 0.3 is 5.97 Å². The fraction of sp³-hybridized carbons (Fsp3) is 0.545. The first-order valence-corrected chi connectivity index (χ1v) is 11.8. The molecule has 0 aromatic heterocycles. The first-order chi connectivity index (χ1) is 16.5. The maximum atomic E-state index is 13.0. The van der Waals surface area contributed by atoms with Crippen LogP contribution >= 0.6 is 12.6 Å². The average Bonchev–Trinajstić information content (AvgIpc) is 2.80. The van der Waals surface area contributed by atoms with Gasteiger partial charge in [0.05, 0.1) is 12.1 Å². The number of aromatic hydroxyl groups is 1. The number of carbonyl (C=O) groups excluding carboxylic acids is 3. The van der Waals surface area contributed by atoms with Crippen LogP contribution in [0.15, 0.2) is 24.3 Å². The molecule has 0 aliphatic rings. The minimum atomic E-state index is -1.42. The molecular weight excluding hydrogens is 478 g/mol. The van der Waals surface area contributed by atoms with Gasteiger partial charge in [-0.25, -0.2) is 4.79 Å². The summed E-state index contributed by atoms with van der Waals surface area (Å²) in [4.78, 5) is 49.5. The molecule has 10 N–H and O–H groups in total. The number of amides is 3. The van der Waals surface area contributed by atoms with Gasteiger partial charge in [0.15, 0.2) is 0 Å². The molecule has 1 aromatic carbocycles. The summed E-state index contributed by atoms with van der Waals surface area (Å²) in [6, 6.07) is 0.952. The SMILES string of the molecule is CC(O)C(NC(=O)C(N)CCCCN)C(=O)NC(Cc1ccc(O)cc1)C(=O)NC(CS)C(=O)O. The summed E-state index contributed by atoms with van der Waals surface area (Å²) in [5.74, 6) is -3.81. The fourth-order valence-electron chi connectivity index (χ4n) is 3.10. The number of carboxylic acid groups (broad SMARTS) is 1. The van der Waals surface area contributed by atoms with Gasteiger partial charge in [0.25, 0.3) is 0 Å². The molecule has 0 aliphatic heterocycles. The molecule has 3 amide bonds. The molecule has 13 heteroatoms. The quantitative estimate of drug-likeness (QED) is 0.0957. The summed E-state index contributed by atoms with van der Waals surface area (Å²) in [5, 5.41) is 36.0. The molecular formula is C22H35N5O7S. The van der Waals surface area contributed by atoms with Gasteiger partial charge in [-0.1, -0.05) is 18.6 Å². The summed E-state index contributed by atoms with van der Waals surface area (Å²) < 4.78 is 0. The minimum absolute atomic E-state index is 0.000477. The number of phenols is 1. The van der Waals surface area contributed by atoms with Crippen molar-refractivity contribution in [2.75, 3.05) is 12.3 Å². The van der Waals surface area contributed by atoms with Gasteiger partial charge in [0.2, 0.25) is 17.7 Å². The molecule has 0 radical (unpaired) electrons. The smallest absolute Gasteiger partial charge is 0.327 e. The molecule has 0 bridgehead atoms. The molecule has 5 atom stereocenters. The highest BCUT2D eigenvalue weighted by molar-refractivity contribution is 7.80. The largest absolute Gasteiger partial charge is 0.508 e. The second kappa shape index (κ2) is 15.2. The van der Waals surface area contributed by atoms with Gasteiger partial charge in [0.1, 0.15) is 23.9 Å². The van der Waals surface area contributed by atoms with Crippen LogP contribution in [0, 0.1) is 0 Å². The average molecular weight is 514 g/mol. The van der Waals surface area contributed by atoms with Crippen LogP contribution in [0.1, 0.15) is 31.7 Å². The Morgan fingerprint density at radius 3 is 2.09 bits per heavy atom. The first-order valence-electron chi connectivity index (χ1n) is 11.2. The van der Waals surface area contributed by atoms with E-state index in [0.717, 1.165) is 0 Å². The maximum Gasteiger partial charge on any atom is 0.327 e. The fourth-order valence-corrected chi connectivity index (χ4v) is 3.35. The number of nitrogens with one attached hydrogen (secondary N) is 3. The molecule has 35 heavy (non-hydrogen) atoms. The molecule has 0 saturated carbocycles. The van der Waals surface area contributed by atoms with Gasteiger partial charge in [-0.15, -0.1) is 0 Å². The molecule has 1 aromatic rings. The van der Waals surface area contributed by atoms with Crippen molar-refractivity contribution in [3.05, 3.63) is 29.8 Å². The lowest BCUT2D eigenvalue weighted by molar-refractivity contribution is -0.141. The van der Waals surface area contributed by atoms with Crippen LogP contribution in [-0.2, 0) is 25.6 Å².